The van der Waals surface area contributed by atoms with Crippen LogP contribution in [0.15, 0.2) is 4.99 Å². The molecule has 0 radical (unpaired) electrons. The van der Waals surface area contributed by atoms with Gasteiger partial charge in [0.25, 0.3) is 5.91 Å². The number of carbonyl (C=O) groups is 1. The van der Waals surface area contributed by atoms with Crippen LogP contribution >= 0.6 is 11.6 Å². The maximum atomic E-state index is 11.8. The molecule has 1 aliphatic carbocycles. The second kappa shape index (κ2) is 4.65. The first-order valence-corrected chi connectivity index (χ1v) is 5.58. The molecule has 1 aromatic rings. The average molecular weight is 270 g/mol. The van der Waals surface area contributed by atoms with Crippen LogP contribution in [0.25, 0.3) is 0 Å². The Morgan fingerprint density at radius 1 is 1.33 bits per heavy atom. The molecule has 8 nitrogen and oxygen atoms in total. The highest BCUT2D eigenvalue weighted by atomic mass is 35.5. The lowest BCUT2D eigenvalue weighted by molar-refractivity contribution is 0.0972. The summed E-state index contributed by atoms with van der Waals surface area (Å²) in [5.41, 5.74) is 16.3. The van der Waals surface area contributed by atoms with Gasteiger partial charge in [-0.3, -0.25) is 10.1 Å². The van der Waals surface area contributed by atoms with E-state index < -0.39 is 5.91 Å². The highest BCUT2D eigenvalue weighted by Crippen LogP contribution is 2.23. The van der Waals surface area contributed by atoms with E-state index in [2.05, 4.69) is 20.3 Å². The van der Waals surface area contributed by atoms with Gasteiger partial charge < -0.3 is 17.2 Å². The molecule has 0 aliphatic heterocycles. The number of rotatable bonds is 2. The Bertz CT molecular complexity index is 526. The molecular formula is C9H12ClN7O. The van der Waals surface area contributed by atoms with Gasteiger partial charge in [-0.25, -0.2) is 15.0 Å². The number of nitrogens with one attached hydrogen (secondary N) is 1. The lowest BCUT2D eigenvalue weighted by Crippen LogP contribution is -2.38. The molecule has 1 amide bonds. The summed E-state index contributed by atoms with van der Waals surface area (Å²) < 4.78 is 0. The Labute approximate surface area is 108 Å². The van der Waals surface area contributed by atoms with E-state index in [9.17, 15) is 4.79 Å². The minimum atomic E-state index is -0.621. The third-order valence-corrected chi connectivity index (χ3v) is 2.51. The molecule has 0 atom stereocenters. The normalized spacial score (nSPS) is 15.5. The molecule has 7 N–H and O–H groups in total. The monoisotopic (exact) mass is 269 g/mol. The molecule has 9 heteroatoms. The minimum Gasteiger partial charge on any atom is -0.382 e. The maximum Gasteiger partial charge on any atom is 0.280 e. The van der Waals surface area contributed by atoms with E-state index in [1.807, 2.05) is 0 Å². The number of nitrogens with zero attached hydrogens (tertiary/aromatic N) is 3. The maximum absolute atomic E-state index is 11.8. The number of nitrogens with two attached hydrogens (primary N) is 3. The summed E-state index contributed by atoms with van der Waals surface area (Å²) in [6.07, 6.45) is 1.96. The lowest BCUT2D eigenvalue weighted by Gasteiger charge is -2.06. The van der Waals surface area contributed by atoms with Crippen LogP contribution in [0.5, 0.6) is 0 Å². The van der Waals surface area contributed by atoms with Gasteiger partial charge in [0.1, 0.15) is 0 Å². The first-order valence-electron chi connectivity index (χ1n) is 5.20. The molecule has 2 rings (SSSR count). The molecule has 0 aromatic carbocycles. The van der Waals surface area contributed by atoms with Crippen LogP contribution in [0.4, 0.5) is 11.6 Å². The smallest absolute Gasteiger partial charge is 0.280 e. The van der Waals surface area contributed by atoms with E-state index in [4.69, 9.17) is 28.8 Å². The number of aromatic nitrogens is 2. The molecule has 0 saturated heterocycles. The van der Waals surface area contributed by atoms with Crippen molar-refractivity contribution < 1.29 is 4.79 Å². The molecule has 1 aromatic heterocycles. The summed E-state index contributed by atoms with van der Waals surface area (Å²) in [4.78, 5) is 23.3. The van der Waals surface area contributed by atoms with Crippen molar-refractivity contribution in [2.75, 3.05) is 11.5 Å². The molecule has 1 aliphatic rings. The van der Waals surface area contributed by atoms with Crippen LogP contribution in [0.2, 0.25) is 5.15 Å². The zero-order valence-corrected chi connectivity index (χ0v) is 10.1. The first-order chi connectivity index (χ1) is 8.47. The second-order valence-corrected chi connectivity index (χ2v) is 4.19. The molecule has 0 spiro atoms. The van der Waals surface area contributed by atoms with Crippen molar-refractivity contribution in [2.24, 2.45) is 10.7 Å². The molecular weight excluding hydrogens is 258 g/mol. The van der Waals surface area contributed by atoms with Crippen molar-refractivity contribution in [3.05, 3.63) is 10.8 Å². The summed E-state index contributed by atoms with van der Waals surface area (Å²) in [6.45, 7) is 0. The van der Waals surface area contributed by atoms with E-state index in [1.54, 1.807) is 0 Å². The highest BCUT2D eigenvalue weighted by molar-refractivity contribution is 6.31. The Hall–Kier alpha value is -2.09. The van der Waals surface area contributed by atoms with Gasteiger partial charge in [0, 0.05) is 0 Å². The van der Waals surface area contributed by atoms with Crippen LogP contribution in [-0.4, -0.2) is 27.9 Å². The minimum absolute atomic E-state index is 0.0247. The van der Waals surface area contributed by atoms with Crippen molar-refractivity contribution >= 4 is 35.1 Å². The van der Waals surface area contributed by atoms with Gasteiger partial charge in [-0.1, -0.05) is 11.6 Å². The molecule has 0 unspecified atom stereocenters. The van der Waals surface area contributed by atoms with Crippen molar-refractivity contribution in [3.63, 3.8) is 0 Å². The Morgan fingerprint density at radius 2 is 2.00 bits per heavy atom. The number of anilines is 2. The molecule has 18 heavy (non-hydrogen) atoms. The predicted octanol–water partition coefficient (Wildman–Crippen LogP) is -0.499. The third-order valence-electron chi connectivity index (χ3n) is 2.23. The second-order valence-electron chi connectivity index (χ2n) is 3.83. The Balaban J connectivity index is 2.15. The van der Waals surface area contributed by atoms with Crippen LogP contribution in [0.1, 0.15) is 23.3 Å². The van der Waals surface area contributed by atoms with Crippen LogP contribution in [0.3, 0.4) is 0 Å². The van der Waals surface area contributed by atoms with Crippen molar-refractivity contribution in [1.82, 2.24) is 15.3 Å². The fourth-order valence-corrected chi connectivity index (χ4v) is 1.34. The quantitative estimate of drug-likeness (QED) is 0.421. The third kappa shape index (κ3) is 2.77. The van der Waals surface area contributed by atoms with Gasteiger partial charge in [-0.15, -0.1) is 0 Å². The number of guanidine groups is 1. The van der Waals surface area contributed by atoms with Gasteiger partial charge in [0.2, 0.25) is 0 Å². The summed E-state index contributed by atoms with van der Waals surface area (Å²) in [7, 11) is 0. The number of carbonyl (C=O) groups excluding carboxylic acids is 1. The number of aliphatic imine (C=N–C) groups is 1. The topological polar surface area (TPSA) is 145 Å². The summed E-state index contributed by atoms with van der Waals surface area (Å²) in [6, 6.07) is 0.198. The summed E-state index contributed by atoms with van der Waals surface area (Å²) in [5, 5.41) is 2.27. The van der Waals surface area contributed by atoms with Gasteiger partial charge in [-0.2, -0.15) is 0 Å². The average Bonchev–Trinajstić information content (AvgIpc) is 3.06. The standard InChI is InChI=1S/C9H12ClN7O/c10-5-7(12)16-6(11)4(15-5)8(18)17-9(13)14-3-1-2-3/h3H,1-2H2,(H4,11,12,16)(H3,13,14,17,18). The lowest BCUT2D eigenvalue weighted by atomic mass is 10.4. The fourth-order valence-electron chi connectivity index (χ4n) is 1.22. The first kappa shape index (κ1) is 12.4. The van der Waals surface area contributed by atoms with Gasteiger partial charge in [0.15, 0.2) is 28.4 Å². The summed E-state index contributed by atoms with van der Waals surface area (Å²) in [5.74, 6) is -0.751. The molecule has 1 fully saturated rings. The molecule has 0 bridgehead atoms. The molecule has 1 heterocycles. The predicted molar refractivity (Wildman–Crippen MR) is 68.0 cm³/mol. The van der Waals surface area contributed by atoms with E-state index >= 15 is 0 Å². The highest BCUT2D eigenvalue weighted by Gasteiger charge is 2.22. The van der Waals surface area contributed by atoms with Crippen LogP contribution in [-0.2, 0) is 0 Å². The van der Waals surface area contributed by atoms with Crippen LogP contribution in [0, 0.1) is 0 Å². The van der Waals surface area contributed by atoms with Gasteiger partial charge >= 0.3 is 0 Å². The number of amides is 1. The van der Waals surface area contributed by atoms with Crippen LogP contribution < -0.4 is 22.5 Å². The molecule has 96 valence electrons. The molecule has 1 saturated carbocycles. The van der Waals surface area contributed by atoms with E-state index in [0.29, 0.717) is 0 Å². The SMILES string of the molecule is NC(=NC1CC1)NC(=O)c1nc(Cl)c(N)nc1N. The van der Waals surface area contributed by atoms with Crippen molar-refractivity contribution in [2.45, 2.75) is 18.9 Å². The largest absolute Gasteiger partial charge is 0.382 e. The van der Waals surface area contributed by atoms with E-state index in [-0.39, 0.29) is 34.5 Å². The Morgan fingerprint density at radius 3 is 2.61 bits per heavy atom. The van der Waals surface area contributed by atoms with E-state index in [1.165, 1.54) is 0 Å². The number of nitrogen functional groups attached to an aromatic ring is 2. The Kier molecular flexibility index (Phi) is 3.19. The van der Waals surface area contributed by atoms with Gasteiger partial charge in [-0.05, 0) is 12.8 Å². The number of hydrogen-bond acceptors (Lipinski definition) is 6. The summed E-state index contributed by atoms with van der Waals surface area (Å²) >= 11 is 5.67. The van der Waals surface area contributed by atoms with Crippen molar-refractivity contribution in [1.29, 1.82) is 0 Å². The van der Waals surface area contributed by atoms with Crippen molar-refractivity contribution in [3.8, 4) is 0 Å². The zero-order valence-electron chi connectivity index (χ0n) is 9.35. The van der Waals surface area contributed by atoms with E-state index in [0.717, 1.165) is 12.8 Å². The number of halogens is 1. The number of hydrogen-bond donors (Lipinski definition) is 4. The fraction of sp³-hybridized carbons (Fsp3) is 0.333. The zero-order chi connectivity index (χ0) is 13.3. The van der Waals surface area contributed by atoms with Gasteiger partial charge in [0.05, 0.1) is 6.04 Å².